The number of rotatable bonds is 18. The average molecular weight is 959 g/mol. The molecular weight excluding hydrogens is 901 g/mol. The summed E-state index contributed by atoms with van der Waals surface area (Å²) in [5.41, 5.74) is 12.0. The zero-order chi connectivity index (χ0) is 50.2. The first-order valence-electron chi connectivity index (χ1n) is 22.9. The molecular formula is C48H58N14O8. The number of fused-ring (bicyclic) bond motifs is 2. The van der Waals surface area contributed by atoms with Gasteiger partial charge in [0.15, 0.2) is 0 Å². The van der Waals surface area contributed by atoms with Crippen LogP contribution in [0.5, 0.6) is 11.5 Å². The van der Waals surface area contributed by atoms with E-state index in [-0.39, 0.29) is 60.3 Å². The first-order valence-corrected chi connectivity index (χ1v) is 22.9. The number of hydrogen-bond acceptors (Lipinski definition) is 13. The van der Waals surface area contributed by atoms with Crippen LogP contribution in [0.2, 0.25) is 0 Å². The highest BCUT2D eigenvalue weighted by Gasteiger charge is 2.25. The molecule has 7 rings (SSSR count). The number of benzene rings is 2. The predicted octanol–water partition coefficient (Wildman–Crippen LogP) is 3.78. The van der Waals surface area contributed by atoms with E-state index in [1.54, 1.807) is 56.6 Å². The van der Waals surface area contributed by atoms with Gasteiger partial charge in [-0.25, -0.2) is 15.4 Å². The van der Waals surface area contributed by atoms with E-state index < -0.39 is 23.6 Å². The molecule has 368 valence electrons. The monoisotopic (exact) mass is 958 g/mol. The summed E-state index contributed by atoms with van der Waals surface area (Å²) in [5.74, 6) is 5.04. The number of aromatic nitrogens is 8. The summed E-state index contributed by atoms with van der Waals surface area (Å²) in [4.78, 5) is 84.1. The number of nitrogens with two attached hydrogens (primary N) is 1. The molecule has 0 bridgehead atoms. The van der Waals surface area contributed by atoms with Crippen LogP contribution in [0, 0.1) is 31.6 Å². The Morgan fingerprint density at radius 2 is 1.26 bits per heavy atom. The first kappa shape index (κ1) is 49.9. The van der Waals surface area contributed by atoms with Gasteiger partial charge in [-0.05, 0) is 64.1 Å². The van der Waals surface area contributed by atoms with E-state index in [4.69, 9.17) is 30.0 Å². The van der Waals surface area contributed by atoms with Crippen LogP contribution in [-0.4, -0.2) is 132 Å². The Morgan fingerprint density at radius 3 is 1.76 bits per heavy atom. The molecule has 0 aliphatic carbocycles. The number of imidazole rings is 2. The molecule has 70 heavy (non-hydrogen) atoms. The third-order valence-corrected chi connectivity index (χ3v) is 11.5. The van der Waals surface area contributed by atoms with Gasteiger partial charge in [0.05, 0.1) is 43.2 Å². The molecule has 5 amide bonds. The van der Waals surface area contributed by atoms with Crippen LogP contribution in [-0.2, 0) is 35.8 Å². The minimum absolute atomic E-state index is 0.0434. The second-order valence-corrected chi connectivity index (χ2v) is 16.7. The number of aryl methyl sites for hydroxylation is 4. The number of carbonyl (C=O) groups is 5. The lowest BCUT2D eigenvalue weighted by Crippen LogP contribution is -2.49. The molecule has 1 aliphatic heterocycles. The van der Waals surface area contributed by atoms with Crippen molar-refractivity contribution in [1.82, 2.24) is 53.9 Å². The molecule has 5 heterocycles. The second kappa shape index (κ2) is 21.9. The molecule has 1 aliphatic rings. The van der Waals surface area contributed by atoms with E-state index in [2.05, 4.69) is 43.1 Å². The van der Waals surface area contributed by atoms with Crippen molar-refractivity contribution in [3.05, 3.63) is 82.5 Å². The van der Waals surface area contributed by atoms with Crippen LogP contribution < -0.4 is 31.3 Å². The van der Waals surface area contributed by atoms with Crippen LogP contribution in [0.15, 0.2) is 48.6 Å². The van der Waals surface area contributed by atoms with E-state index in [1.165, 1.54) is 26.4 Å². The molecule has 5 N–H and O–H groups in total. The highest BCUT2D eigenvalue weighted by Crippen LogP contribution is 2.33. The Balaban J connectivity index is 1.22. The van der Waals surface area contributed by atoms with Crippen molar-refractivity contribution in [2.45, 2.75) is 67.7 Å². The van der Waals surface area contributed by atoms with Crippen molar-refractivity contribution < 1.29 is 38.3 Å². The molecule has 22 nitrogen and oxygen atoms in total. The predicted molar refractivity (Wildman–Crippen MR) is 260 cm³/mol. The Bertz CT molecular complexity index is 3050. The number of hydroxylamine groups is 1. The van der Waals surface area contributed by atoms with Gasteiger partial charge < -0.3 is 29.2 Å². The minimum Gasteiger partial charge on any atom is -0.494 e. The molecule has 1 saturated heterocycles. The van der Waals surface area contributed by atoms with Gasteiger partial charge in [0, 0.05) is 69.4 Å². The van der Waals surface area contributed by atoms with Crippen molar-refractivity contribution in [2.24, 2.45) is 11.7 Å². The number of nitrogens with zero attached hydrogens (tertiary/aromatic N) is 10. The van der Waals surface area contributed by atoms with Gasteiger partial charge in [-0.2, -0.15) is 10.2 Å². The number of anilines is 2. The summed E-state index contributed by atoms with van der Waals surface area (Å²) in [6.45, 7) is 15.4. The van der Waals surface area contributed by atoms with Crippen LogP contribution in [0.3, 0.4) is 0 Å². The third kappa shape index (κ3) is 11.0. The maximum atomic E-state index is 13.9. The van der Waals surface area contributed by atoms with E-state index in [0.29, 0.717) is 96.4 Å². The van der Waals surface area contributed by atoms with Gasteiger partial charge in [-0.1, -0.05) is 37.8 Å². The molecule has 22 heteroatoms. The van der Waals surface area contributed by atoms with Gasteiger partial charge in [0.25, 0.3) is 17.7 Å². The smallest absolute Gasteiger partial charge is 0.276 e. The normalized spacial score (nSPS) is 13.0. The number of piperazine rings is 1. The first-order chi connectivity index (χ1) is 33.6. The quantitative estimate of drug-likeness (QED) is 0.0545. The Hall–Kier alpha value is -8.03. The molecule has 0 atom stereocenters. The largest absolute Gasteiger partial charge is 0.494 e. The lowest BCUT2D eigenvalue weighted by Gasteiger charge is -2.34. The topological polar surface area (TPSA) is 253 Å². The summed E-state index contributed by atoms with van der Waals surface area (Å²) in [5, 5.41) is 14.7. The zero-order valence-corrected chi connectivity index (χ0v) is 40.6. The number of allylic oxidation sites excluding steroid dienone is 2. The fourth-order valence-corrected chi connectivity index (χ4v) is 8.15. The highest BCUT2D eigenvalue weighted by molar-refractivity contribution is 6.05. The van der Waals surface area contributed by atoms with Crippen LogP contribution >= 0.6 is 0 Å². The summed E-state index contributed by atoms with van der Waals surface area (Å²) in [7, 11) is 2.79. The lowest BCUT2D eigenvalue weighted by molar-refractivity contribution is -0.136. The maximum absolute atomic E-state index is 13.9. The molecule has 2 aromatic carbocycles. The highest BCUT2D eigenvalue weighted by atomic mass is 16.6. The average Bonchev–Trinajstić information content (AvgIpc) is 4.11. The number of nitrogens with one attached hydrogen (secondary N) is 3. The SMILES string of the molecule is CCn1nc(C)cc1C(=O)Nc1nc2cc(C(=O)NOC)cc(OC)c2n1CC=CCn1c(NC(=O)c2cc(C)nn2CC)nc2cc(C(N)=O)cc(OCC#CCN3CCN(C(=O)C(C)C)CC3)c21. The second-order valence-electron chi connectivity index (χ2n) is 16.7. The number of methoxy groups -OCH3 is 1. The fourth-order valence-electron chi connectivity index (χ4n) is 8.15. The van der Waals surface area contributed by atoms with Gasteiger partial charge >= 0.3 is 0 Å². The van der Waals surface area contributed by atoms with Crippen LogP contribution in [0.25, 0.3) is 22.1 Å². The maximum Gasteiger partial charge on any atom is 0.276 e. The zero-order valence-electron chi connectivity index (χ0n) is 40.6. The van der Waals surface area contributed by atoms with Crippen molar-refractivity contribution in [2.75, 3.05) is 64.2 Å². The molecule has 0 unspecified atom stereocenters. The van der Waals surface area contributed by atoms with Crippen molar-refractivity contribution in [1.29, 1.82) is 0 Å². The van der Waals surface area contributed by atoms with Gasteiger partial charge in [-0.15, -0.1) is 0 Å². The Morgan fingerprint density at radius 1 is 0.729 bits per heavy atom. The molecule has 4 aromatic heterocycles. The third-order valence-electron chi connectivity index (χ3n) is 11.5. The summed E-state index contributed by atoms with van der Waals surface area (Å²) < 4.78 is 18.7. The van der Waals surface area contributed by atoms with Crippen molar-refractivity contribution in [3.63, 3.8) is 0 Å². The summed E-state index contributed by atoms with van der Waals surface area (Å²) >= 11 is 0. The van der Waals surface area contributed by atoms with Crippen molar-refractivity contribution in [3.8, 4) is 23.3 Å². The van der Waals surface area contributed by atoms with Gasteiger partial charge in [-0.3, -0.25) is 53.7 Å². The Kier molecular flexibility index (Phi) is 15.6. The molecule has 0 saturated carbocycles. The van der Waals surface area contributed by atoms with Crippen LogP contribution in [0.1, 0.15) is 80.8 Å². The molecule has 0 radical (unpaired) electrons. The fraction of sp³-hybridized carbons (Fsp3) is 0.396. The van der Waals surface area contributed by atoms with E-state index in [1.807, 2.05) is 44.7 Å². The Labute approximate surface area is 404 Å². The van der Waals surface area contributed by atoms with Gasteiger partial charge in [0.2, 0.25) is 23.7 Å². The van der Waals surface area contributed by atoms with E-state index in [9.17, 15) is 24.0 Å². The van der Waals surface area contributed by atoms with Crippen LogP contribution in [0.4, 0.5) is 11.9 Å². The lowest BCUT2D eigenvalue weighted by atomic mass is 10.1. The number of primary amides is 1. The minimum atomic E-state index is -0.707. The van der Waals surface area contributed by atoms with Gasteiger partial charge in [0.1, 0.15) is 40.5 Å². The molecule has 6 aromatic rings. The molecule has 0 spiro atoms. The number of ether oxygens (including phenoxy) is 2. The summed E-state index contributed by atoms with van der Waals surface area (Å²) in [6, 6.07) is 9.52. The van der Waals surface area contributed by atoms with Crippen molar-refractivity contribution >= 4 is 63.5 Å². The van der Waals surface area contributed by atoms with E-state index >= 15 is 0 Å². The number of amides is 5. The number of hydrogen-bond donors (Lipinski definition) is 4. The van der Waals surface area contributed by atoms with E-state index in [0.717, 1.165) is 0 Å². The molecule has 1 fully saturated rings. The summed E-state index contributed by atoms with van der Waals surface area (Å²) in [6.07, 6.45) is 3.66. The standard InChI is InChI=1S/C48H58N14O8/c1-9-61-36(23-30(5)54-61)44(65)52-47-51-35-26-33(43(64)56-69-8)28-38(68-7)40(35)59(47)16-11-12-17-60-41-34(50-48(60)53-45(66)37-24-31(6)55-62(37)10-2)25-32(42(49)63)27-39(41)70-22-14-13-15-57-18-20-58(21-19-57)46(67)29(3)4/h11-12,23-29H,9-10,15-22H2,1-8H3,(H2,49,63)(H,56,64)(H,50,53,66)(H,51,52,65). The number of carbonyl (C=O) groups excluding carboxylic acids is 5.